The molecule has 1 aromatic rings. The van der Waals surface area contributed by atoms with Crippen molar-refractivity contribution < 1.29 is 8.42 Å². The highest BCUT2D eigenvalue weighted by Gasteiger charge is 2.29. The van der Waals surface area contributed by atoms with E-state index in [1.54, 1.807) is 22.5 Å². The second kappa shape index (κ2) is 8.18. The number of hydrogen-bond donors (Lipinski definition) is 1. The Bertz CT molecular complexity index is 600. The van der Waals surface area contributed by atoms with Crippen LogP contribution < -0.4 is 5.73 Å². The van der Waals surface area contributed by atoms with Crippen molar-refractivity contribution >= 4 is 45.6 Å². The van der Waals surface area contributed by atoms with Crippen molar-refractivity contribution in [3.8, 4) is 0 Å². The van der Waals surface area contributed by atoms with Gasteiger partial charge >= 0.3 is 0 Å². The zero-order valence-corrected chi connectivity index (χ0v) is 15.5. The smallest absolute Gasteiger partial charge is 0.218 e. The van der Waals surface area contributed by atoms with Crippen LogP contribution in [0.2, 0.25) is 10.0 Å². The second-order valence-electron chi connectivity index (χ2n) is 5.60. The minimum absolute atomic E-state index is 0. The number of halogens is 3. The fraction of sp³-hybridized carbons (Fsp3) is 0.571. The Balaban J connectivity index is 0.00000242. The minimum Gasteiger partial charge on any atom is -0.328 e. The molecule has 0 spiro atoms. The summed E-state index contributed by atoms with van der Waals surface area (Å²) in [6, 6.07) is 5.04. The lowest BCUT2D eigenvalue weighted by atomic mass is 9.92. The normalized spacial score (nSPS) is 18.7. The molecule has 126 valence electrons. The molecule has 1 atom stereocenters. The molecule has 0 saturated carbocycles. The molecule has 0 aliphatic carbocycles. The molecule has 2 rings (SSSR count). The summed E-state index contributed by atoms with van der Waals surface area (Å²) in [6.45, 7) is 3.05. The number of hydrogen-bond acceptors (Lipinski definition) is 3. The predicted octanol–water partition coefficient (Wildman–Crippen LogP) is 3.30. The fourth-order valence-electron chi connectivity index (χ4n) is 2.61. The SMILES string of the molecule is CC(N)C1CCN(S(=O)(=O)Cc2ccc(Cl)c(Cl)c2)CC1.Cl. The lowest BCUT2D eigenvalue weighted by Gasteiger charge is -2.33. The summed E-state index contributed by atoms with van der Waals surface area (Å²) in [5.74, 6) is 0.355. The first-order valence-electron chi connectivity index (χ1n) is 6.97. The molecule has 1 aliphatic heterocycles. The van der Waals surface area contributed by atoms with Gasteiger partial charge in [0.15, 0.2) is 0 Å². The summed E-state index contributed by atoms with van der Waals surface area (Å²) >= 11 is 11.8. The van der Waals surface area contributed by atoms with E-state index in [2.05, 4.69) is 0 Å². The highest BCUT2D eigenvalue weighted by Crippen LogP contribution is 2.26. The van der Waals surface area contributed by atoms with Crippen LogP contribution >= 0.6 is 35.6 Å². The van der Waals surface area contributed by atoms with E-state index in [1.165, 1.54) is 0 Å². The number of nitrogens with zero attached hydrogens (tertiary/aromatic N) is 1. The fourth-order valence-corrected chi connectivity index (χ4v) is 4.48. The minimum atomic E-state index is -3.32. The maximum Gasteiger partial charge on any atom is 0.218 e. The van der Waals surface area contributed by atoms with Gasteiger partial charge in [-0.3, -0.25) is 0 Å². The van der Waals surface area contributed by atoms with E-state index < -0.39 is 10.0 Å². The van der Waals surface area contributed by atoms with Gasteiger partial charge in [-0.05, 0) is 43.4 Å². The van der Waals surface area contributed by atoms with Crippen LogP contribution in [0, 0.1) is 5.92 Å². The maximum absolute atomic E-state index is 12.4. The van der Waals surface area contributed by atoms with Gasteiger partial charge < -0.3 is 5.73 Å². The third-order valence-electron chi connectivity index (χ3n) is 3.97. The third kappa shape index (κ3) is 4.98. The van der Waals surface area contributed by atoms with Crippen LogP contribution in [0.25, 0.3) is 0 Å². The molecule has 1 aromatic carbocycles. The highest BCUT2D eigenvalue weighted by atomic mass is 35.5. The third-order valence-corrected chi connectivity index (χ3v) is 6.56. The van der Waals surface area contributed by atoms with Crippen LogP contribution in [0.1, 0.15) is 25.3 Å². The summed E-state index contributed by atoms with van der Waals surface area (Å²) < 4.78 is 26.4. The average molecular weight is 388 g/mol. The Labute approximate surface area is 148 Å². The molecule has 22 heavy (non-hydrogen) atoms. The Morgan fingerprint density at radius 3 is 2.36 bits per heavy atom. The lowest BCUT2D eigenvalue weighted by Crippen LogP contribution is -2.42. The molecule has 1 unspecified atom stereocenters. The first-order valence-corrected chi connectivity index (χ1v) is 9.33. The maximum atomic E-state index is 12.4. The van der Waals surface area contributed by atoms with E-state index in [4.69, 9.17) is 28.9 Å². The number of sulfonamides is 1. The van der Waals surface area contributed by atoms with Crippen molar-refractivity contribution in [2.75, 3.05) is 13.1 Å². The molecule has 1 heterocycles. The van der Waals surface area contributed by atoms with Crippen molar-refractivity contribution in [3.63, 3.8) is 0 Å². The lowest BCUT2D eigenvalue weighted by molar-refractivity contribution is 0.250. The van der Waals surface area contributed by atoms with E-state index in [0.29, 0.717) is 34.6 Å². The first kappa shape index (κ1) is 20.0. The summed E-state index contributed by atoms with van der Waals surface area (Å²) in [7, 11) is -3.32. The molecule has 1 aliphatic rings. The Morgan fingerprint density at radius 1 is 1.27 bits per heavy atom. The topological polar surface area (TPSA) is 63.4 Å². The van der Waals surface area contributed by atoms with Gasteiger partial charge in [-0.1, -0.05) is 29.3 Å². The molecule has 0 amide bonds. The standard InChI is InChI=1S/C14H20Cl2N2O2S.ClH/c1-10(17)12-4-6-18(7-5-12)21(19,20)9-11-2-3-13(15)14(16)8-11;/h2-3,8,10,12H,4-7,9,17H2,1H3;1H. The van der Waals surface area contributed by atoms with E-state index in [-0.39, 0.29) is 24.2 Å². The van der Waals surface area contributed by atoms with Gasteiger partial charge in [0, 0.05) is 19.1 Å². The van der Waals surface area contributed by atoms with Gasteiger partial charge in [0.1, 0.15) is 0 Å². The molecule has 0 bridgehead atoms. The molecule has 8 heteroatoms. The second-order valence-corrected chi connectivity index (χ2v) is 8.38. The summed E-state index contributed by atoms with van der Waals surface area (Å²) in [6.07, 6.45) is 1.64. The van der Waals surface area contributed by atoms with Crippen molar-refractivity contribution in [1.29, 1.82) is 0 Å². The molecule has 0 aromatic heterocycles. The zero-order chi connectivity index (χ0) is 15.6. The van der Waals surface area contributed by atoms with Gasteiger partial charge in [0.05, 0.1) is 15.8 Å². The van der Waals surface area contributed by atoms with E-state index in [1.807, 2.05) is 6.92 Å². The van der Waals surface area contributed by atoms with Crippen LogP contribution in [0.4, 0.5) is 0 Å². The summed E-state index contributed by atoms with van der Waals surface area (Å²) in [5.41, 5.74) is 6.53. The van der Waals surface area contributed by atoms with Gasteiger partial charge in [-0.2, -0.15) is 0 Å². The number of benzene rings is 1. The predicted molar refractivity (Wildman–Crippen MR) is 94.3 cm³/mol. The van der Waals surface area contributed by atoms with Crippen LogP contribution in [-0.4, -0.2) is 31.9 Å². The average Bonchev–Trinajstić information content (AvgIpc) is 2.43. The molecular weight excluding hydrogens is 367 g/mol. The van der Waals surface area contributed by atoms with E-state index in [0.717, 1.165) is 12.8 Å². The number of rotatable bonds is 4. The Morgan fingerprint density at radius 2 is 1.86 bits per heavy atom. The van der Waals surface area contributed by atoms with Gasteiger partial charge in [0.2, 0.25) is 10.0 Å². The van der Waals surface area contributed by atoms with Crippen molar-refractivity contribution in [1.82, 2.24) is 4.31 Å². The largest absolute Gasteiger partial charge is 0.328 e. The van der Waals surface area contributed by atoms with Gasteiger partial charge in [0.25, 0.3) is 0 Å². The summed E-state index contributed by atoms with van der Waals surface area (Å²) in [4.78, 5) is 0. The Hall–Kier alpha value is -0.0400. The van der Waals surface area contributed by atoms with Crippen molar-refractivity contribution in [2.24, 2.45) is 11.7 Å². The van der Waals surface area contributed by atoms with Crippen LogP contribution in [0.5, 0.6) is 0 Å². The van der Waals surface area contributed by atoms with Crippen molar-refractivity contribution in [3.05, 3.63) is 33.8 Å². The van der Waals surface area contributed by atoms with E-state index in [9.17, 15) is 8.42 Å². The highest BCUT2D eigenvalue weighted by molar-refractivity contribution is 7.88. The van der Waals surface area contributed by atoms with Crippen molar-refractivity contribution in [2.45, 2.75) is 31.6 Å². The molecule has 2 N–H and O–H groups in total. The van der Waals surface area contributed by atoms with Crippen LogP contribution in [0.15, 0.2) is 18.2 Å². The first-order chi connectivity index (χ1) is 9.79. The van der Waals surface area contributed by atoms with Gasteiger partial charge in [-0.15, -0.1) is 12.4 Å². The molecule has 1 saturated heterocycles. The van der Waals surface area contributed by atoms with Crippen LogP contribution in [-0.2, 0) is 15.8 Å². The monoisotopic (exact) mass is 386 g/mol. The quantitative estimate of drug-likeness (QED) is 0.862. The Kier molecular flexibility index (Phi) is 7.43. The van der Waals surface area contributed by atoms with Crippen LogP contribution in [0.3, 0.4) is 0 Å². The zero-order valence-electron chi connectivity index (χ0n) is 12.3. The molecule has 0 radical (unpaired) electrons. The number of nitrogens with two attached hydrogens (primary N) is 1. The molecule has 1 fully saturated rings. The summed E-state index contributed by atoms with van der Waals surface area (Å²) in [5, 5.41) is 0.801. The number of piperidine rings is 1. The van der Waals surface area contributed by atoms with Gasteiger partial charge in [-0.25, -0.2) is 12.7 Å². The molecule has 4 nitrogen and oxygen atoms in total. The molecular formula is C14H21Cl3N2O2S. The van der Waals surface area contributed by atoms with E-state index >= 15 is 0 Å².